The van der Waals surface area contributed by atoms with Gasteiger partial charge in [-0.2, -0.15) is 0 Å². The summed E-state index contributed by atoms with van der Waals surface area (Å²) in [6.07, 6.45) is 0.769. The minimum absolute atomic E-state index is 0.214. The molecule has 0 aliphatic rings. The number of nitrogens with zero attached hydrogens (tertiary/aromatic N) is 2. The third kappa shape index (κ3) is 4.70. The van der Waals surface area contributed by atoms with Gasteiger partial charge in [-0.3, -0.25) is 4.79 Å². The molecule has 1 rings (SSSR count). The second-order valence-corrected chi connectivity index (χ2v) is 4.86. The van der Waals surface area contributed by atoms with Gasteiger partial charge in [0.1, 0.15) is 16.7 Å². The van der Waals surface area contributed by atoms with Gasteiger partial charge in [-0.1, -0.05) is 18.7 Å². The molecule has 106 valence electrons. The van der Waals surface area contributed by atoms with Gasteiger partial charge in [-0.05, 0) is 20.8 Å². The van der Waals surface area contributed by atoms with E-state index in [1.165, 1.54) is 11.8 Å². The number of esters is 1. The van der Waals surface area contributed by atoms with E-state index in [9.17, 15) is 4.79 Å². The Morgan fingerprint density at radius 3 is 2.63 bits per heavy atom. The third-order valence-corrected chi connectivity index (χ3v) is 3.49. The quantitative estimate of drug-likeness (QED) is 0.471. The zero-order valence-electron chi connectivity index (χ0n) is 11.9. The van der Waals surface area contributed by atoms with Crippen molar-refractivity contribution in [1.29, 1.82) is 0 Å². The predicted octanol–water partition coefficient (Wildman–Crippen LogP) is 2.43. The lowest BCUT2D eigenvalue weighted by Gasteiger charge is -2.12. The first-order valence-electron chi connectivity index (χ1n) is 6.52. The first-order valence-corrected chi connectivity index (χ1v) is 7.50. The van der Waals surface area contributed by atoms with Crippen LogP contribution in [0.15, 0.2) is 5.03 Å². The number of hydrogen-bond acceptors (Lipinski definition) is 6. The molecule has 1 aromatic heterocycles. The van der Waals surface area contributed by atoms with E-state index in [0.29, 0.717) is 6.61 Å². The van der Waals surface area contributed by atoms with Crippen LogP contribution in [0.5, 0.6) is 0 Å². The number of thioether (sulfide) groups is 1. The third-order valence-electron chi connectivity index (χ3n) is 2.44. The molecule has 0 amide bonds. The van der Waals surface area contributed by atoms with E-state index in [2.05, 4.69) is 15.3 Å². The average Bonchev–Trinajstić information content (AvgIpc) is 2.40. The number of anilines is 1. The number of rotatable bonds is 7. The topological polar surface area (TPSA) is 64.1 Å². The first-order chi connectivity index (χ1) is 9.12. The van der Waals surface area contributed by atoms with Crippen molar-refractivity contribution in [1.82, 2.24) is 9.97 Å². The summed E-state index contributed by atoms with van der Waals surface area (Å²) in [6.45, 7) is 9.02. The summed E-state index contributed by atoms with van der Waals surface area (Å²) in [6, 6.07) is 0. The maximum atomic E-state index is 11.4. The van der Waals surface area contributed by atoms with Crippen molar-refractivity contribution >= 4 is 23.5 Å². The van der Waals surface area contributed by atoms with E-state index in [4.69, 9.17) is 4.74 Å². The lowest BCUT2D eigenvalue weighted by molar-refractivity contribution is -0.139. The van der Waals surface area contributed by atoms with Crippen molar-refractivity contribution in [3.8, 4) is 0 Å². The fourth-order valence-corrected chi connectivity index (χ4v) is 2.33. The van der Waals surface area contributed by atoms with Crippen LogP contribution in [0.2, 0.25) is 0 Å². The van der Waals surface area contributed by atoms with Gasteiger partial charge in [0.05, 0.1) is 12.4 Å². The van der Waals surface area contributed by atoms with E-state index in [1.54, 1.807) is 6.92 Å². The molecule has 0 spiro atoms. The Morgan fingerprint density at radius 2 is 2.05 bits per heavy atom. The largest absolute Gasteiger partial charge is 0.465 e. The van der Waals surface area contributed by atoms with Crippen molar-refractivity contribution in [2.75, 3.05) is 24.2 Å². The minimum atomic E-state index is -0.214. The van der Waals surface area contributed by atoms with E-state index in [0.717, 1.165) is 35.2 Å². The molecule has 0 saturated heterocycles. The Labute approximate surface area is 118 Å². The van der Waals surface area contributed by atoms with Gasteiger partial charge in [-0.25, -0.2) is 9.97 Å². The van der Waals surface area contributed by atoms with Crippen molar-refractivity contribution in [3.63, 3.8) is 0 Å². The standard InChI is InChI=1S/C13H21N3O2S/c1-5-10-15-12(14-6-2)9(4)13(16-10)19-8-11(17)18-7-3/h5-8H2,1-4H3,(H,14,15,16). The van der Waals surface area contributed by atoms with Crippen LogP contribution >= 0.6 is 11.8 Å². The molecule has 5 nitrogen and oxygen atoms in total. The predicted molar refractivity (Wildman–Crippen MR) is 77.7 cm³/mol. The molecule has 0 fully saturated rings. The van der Waals surface area contributed by atoms with Crippen molar-refractivity contribution < 1.29 is 9.53 Å². The second-order valence-electron chi connectivity index (χ2n) is 3.90. The normalized spacial score (nSPS) is 10.3. The van der Waals surface area contributed by atoms with Crippen molar-refractivity contribution in [2.24, 2.45) is 0 Å². The maximum Gasteiger partial charge on any atom is 0.316 e. The molecule has 0 bridgehead atoms. The maximum absolute atomic E-state index is 11.4. The Morgan fingerprint density at radius 1 is 1.32 bits per heavy atom. The number of hydrogen-bond donors (Lipinski definition) is 1. The highest BCUT2D eigenvalue weighted by Crippen LogP contribution is 2.25. The van der Waals surface area contributed by atoms with Crippen molar-refractivity contribution in [3.05, 3.63) is 11.4 Å². The number of aromatic nitrogens is 2. The summed E-state index contributed by atoms with van der Waals surface area (Å²) in [5.74, 6) is 1.70. The number of carbonyl (C=O) groups is 1. The van der Waals surface area contributed by atoms with Gasteiger partial charge in [0.2, 0.25) is 0 Å². The Balaban J connectivity index is 2.86. The van der Waals surface area contributed by atoms with Gasteiger partial charge in [0.25, 0.3) is 0 Å². The van der Waals surface area contributed by atoms with Gasteiger partial charge < -0.3 is 10.1 Å². The molecular formula is C13H21N3O2S. The molecule has 0 aliphatic carbocycles. The van der Waals surface area contributed by atoms with E-state index >= 15 is 0 Å². The summed E-state index contributed by atoms with van der Waals surface area (Å²) >= 11 is 1.40. The fraction of sp³-hybridized carbons (Fsp3) is 0.615. The van der Waals surface area contributed by atoms with Crippen LogP contribution in [0.25, 0.3) is 0 Å². The van der Waals surface area contributed by atoms with Gasteiger partial charge >= 0.3 is 5.97 Å². The van der Waals surface area contributed by atoms with Gasteiger partial charge in [-0.15, -0.1) is 0 Å². The van der Waals surface area contributed by atoms with Crippen LogP contribution in [-0.2, 0) is 16.0 Å². The summed E-state index contributed by atoms with van der Waals surface area (Å²) in [5.41, 5.74) is 0.980. The molecule has 0 radical (unpaired) electrons. The SMILES string of the molecule is CCNc1nc(CC)nc(SCC(=O)OCC)c1C. The van der Waals surface area contributed by atoms with Crippen LogP contribution in [0.3, 0.4) is 0 Å². The first kappa shape index (κ1) is 15.8. The fourth-order valence-electron chi connectivity index (χ4n) is 1.51. The monoisotopic (exact) mass is 283 g/mol. The molecule has 0 saturated carbocycles. The highest BCUT2D eigenvalue weighted by atomic mass is 32.2. The van der Waals surface area contributed by atoms with Crippen LogP contribution < -0.4 is 5.32 Å². The van der Waals surface area contributed by atoms with Crippen molar-refractivity contribution in [2.45, 2.75) is 39.1 Å². The number of nitrogens with one attached hydrogen (secondary N) is 1. The van der Waals surface area contributed by atoms with Crippen LogP contribution in [0, 0.1) is 6.92 Å². The van der Waals surface area contributed by atoms with E-state index in [-0.39, 0.29) is 11.7 Å². The lowest BCUT2D eigenvalue weighted by Crippen LogP contribution is -2.10. The zero-order valence-corrected chi connectivity index (χ0v) is 12.8. The molecule has 0 unspecified atom stereocenters. The number of aryl methyl sites for hydroxylation is 1. The van der Waals surface area contributed by atoms with Gasteiger partial charge in [0.15, 0.2) is 0 Å². The minimum Gasteiger partial charge on any atom is -0.465 e. The van der Waals surface area contributed by atoms with Crippen LogP contribution in [0.1, 0.15) is 32.2 Å². The summed E-state index contributed by atoms with van der Waals surface area (Å²) < 4.78 is 4.92. The molecule has 19 heavy (non-hydrogen) atoms. The molecule has 1 aromatic rings. The smallest absolute Gasteiger partial charge is 0.316 e. The highest BCUT2D eigenvalue weighted by molar-refractivity contribution is 7.99. The Hall–Kier alpha value is -1.30. The summed E-state index contributed by atoms with van der Waals surface area (Å²) in [5, 5.41) is 4.07. The van der Waals surface area contributed by atoms with Gasteiger partial charge in [0, 0.05) is 18.5 Å². The molecule has 6 heteroatoms. The summed E-state index contributed by atoms with van der Waals surface area (Å²) in [4.78, 5) is 20.3. The number of ether oxygens (including phenoxy) is 1. The molecule has 1 heterocycles. The molecule has 1 N–H and O–H groups in total. The zero-order chi connectivity index (χ0) is 14.3. The molecule has 0 aromatic carbocycles. The Bertz CT molecular complexity index is 438. The Kier molecular flexibility index (Phi) is 6.62. The molecule has 0 aliphatic heterocycles. The summed E-state index contributed by atoms with van der Waals surface area (Å²) in [7, 11) is 0. The lowest BCUT2D eigenvalue weighted by atomic mass is 10.3. The number of carbonyl (C=O) groups excluding carboxylic acids is 1. The van der Waals surface area contributed by atoms with E-state index in [1.807, 2.05) is 20.8 Å². The van der Waals surface area contributed by atoms with E-state index < -0.39 is 0 Å². The average molecular weight is 283 g/mol. The molecular weight excluding hydrogens is 262 g/mol. The van der Waals surface area contributed by atoms with Crippen LogP contribution in [0.4, 0.5) is 5.82 Å². The van der Waals surface area contributed by atoms with Crippen LogP contribution in [-0.4, -0.2) is 34.8 Å². The second kappa shape index (κ2) is 7.99. The molecule has 0 atom stereocenters. The highest BCUT2D eigenvalue weighted by Gasteiger charge is 2.12.